The fraction of sp³-hybridized carbons (Fsp3) is 0.435. The minimum absolute atomic E-state index is 0.272. The van der Waals surface area contributed by atoms with Gasteiger partial charge >= 0.3 is 5.97 Å². The minimum Gasteiger partial charge on any atom is -0.493 e. The summed E-state index contributed by atoms with van der Waals surface area (Å²) >= 11 is 12.2. The number of carbonyl (C=O) groups is 1. The lowest BCUT2D eigenvalue weighted by molar-refractivity contribution is 0.0691. The first-order chi connectivity index (χ1) is 14.4. The summed E-state index contributed by atoms with van der Waals surface area (Å²) in [5.74, 6) is -0.912. The number of aromatic carboxylic acids is 1. The second-order valence-corrected chi connectivity index (χ2v) is 9.15. The summed E-state index contributed by atoms with van der Waals surface area (Å²) in [5.41, 5.74) is 1.61. The number of carboxylic acid groups (broad SMARTS) is 1. The van der Waals surface area contributed by atoms with Crippen LogP contribution in [0.3, 0.4) is 0 Å². The summed E-state index contributed by atoms with van der Waals surface area (Å²) in [6, 6.07) is 8.28. The highest BCUT2D eigenvalue weighted by Crippen LogP contribution is 2.45. The van der Waals surface area contributed by atoms with Gasteiger partial charge < -0.3 is 9.84 Å². The Morgan fingerprint density at radius 1 is 1.13 bits per heavy atom. The second kappa shape index (κ2) is 9.13. The zero-order valence-electron chi connectivity index (χ0n) is 16.5. The molecule has 1 saturated heterocycles. The normalized spacial score (nSPS) is 19.6. The molecule has 0 radical (unpaired) electrons. The smallest absolute Gasteiger partial charge is 0.338 e. The van der Waals surface area contributed by atoms with E-state index in [2.05, 4.69) is 4.90 Å². The largest absolute Gasteiger partial charge is 0.493 e. The Bertz CT molecular complexity index is 928. The van der Waals surface area contributed by atoms with Crippen LogP contribution in [0, 0.1) is 11.7 Å². The average molecular weight is 452 g/mol. The van der Waals surface area contributed by atoms with Crippen LogP contribution in [0.2, 0.25) is 10.0 Å². The number of benzene rings is 2. The average Bonchev–Trinajstić information content (AvgIpc) is 3.50. The standard InChI is InChI=1S/C23H24Cl2FNO3/c24-17-6-15(7-18(25)8-17)12-27-5-1-2-14(11-27)13-30-22-10-21(26)20(23(28)29)9-19(22)16-3-4-16/h6-10,14,16H,1-5,11-13H2,(H,28,29)/t14-/m0/s1. The van der Waals surface area contributed by atoms with Gasteiger partial charge in [0.05, 0.1) is 12.2 Å². The van der Waals surface area contributed by atoms with Crippen molar-refractivity contribution in [3.05, 3.63) is 62.9 Å². The number of carboxylic acids is 1. The van der Waals surface area contributed by atoms with Gasteiger partial charge in [-0.1, -0.05) is 23.2 Å². The number of nitrogens with zero attached hydrogens (tertiary/aromatic N) is 1. The van der Waals surface area contributed by atoms with Gasteiger partial charge in [-0.15, -0.1) is 0 Å². The van der Waals surface area contributed by atoms with E-state index in [1.165, 1.54) is 12.1 Å². The molecule has 0 spiro atoms. The predicted octanol–water partition coefficient (Wildman–Crippen LogP) is 6.00. The van der Waals surface area contributed by atoms with E-state index in [1.807, 2.05) is 12.1 Å². The number of hydrogen-bond donors (Lipinski definition) is 1. The van der Waals surface area contributed by atoms with Crippen molar-refractivity contribution in [1.29, 1.82) is 0 Å². The Morgan fingerprint density at radius 2 is 1.87 bits per heavy atom. The van der Waals surface area contributed by atoms with Crippen LogP contribution in [0.25, 0.3) is 0 Å². The molecule has 0 amide bonds. The van der Waals surface area contributed by atoms with Crippen LogP contribution in [0.1, 0.15) is 53.1 Å². The summed E-state index contributed by atoms with van der Waals surface area (Å²) in [5, 5.41) is 10.5. The maximum atomic E-state index is 14.2. The van der Waals surface area contributed by atoms with Crippen molar-refractivity contribution in [2.75, 3.05) is 19.7 Å². The Labute approximate surface area is 185 Å². The van der Waals surface area contributed by atoms with Gasteiger partial charge in [-0.2, -0.15) is 0 Å². The highest BCUT2D eigenvalue weighted by Gasteiger charge is 2.30. The molecule has 2 fully saturated rings. The lowest BCUT2D eigenvalue weighted by Crippen LogP contribution is -2.37. The molecular formula is C23H24Cl2FNO3. The molecule has 30 heavy (non-hydrogen) atoms. The molecule has 0 bridgehead atoms. The van der Waals surface area contributed by atoms with Crippen molar-refractivity contribution in [3.63, 3.8) is 0 Å². The first-order valence-corrected chi connectivity index (χ1v) is 11.0. The lowest BCUT2D eigenvalue weighted by Gasteiger charge is -2.33. The van der Waals surface area contributed by atoms with Crippen molar-refractivity contribution in [2.24, 2.45) is 5.92 Å². The van der Waals surface area contributed by atoms with Crippen LogP contribution in [0.15, 0.2) is 30.3 Å². The van der Waals surface area contributed by atoms with Crippen molar-refractivity contribution in [2.45, 2.75) is 38.1 Å². The van der Waals surface area contributed by atoms with Crippen LogP contribution >= 0.6 is 23.2 Å². The lowest BCUT2D eigenvalue weighted by atomic mass is 9.98. The molecule has 2 aromatic carbocycles. The van der Waals surface area contributed by atoms with Crippen molar-refractivity contribution >= 4 is 29.2 Å². The fourth-order valence-corrected chi connectivity index (χ4v) is 4.74. The SMILES string of the molecule is O=C(O)c1cc(C2CC2)c(OC[C@H]2CCCN(Cc3cc(Cl)cc(Cl)c3)C2)cc1F. The molecule has 1 atom stereocenters. The van der Waals surface area contributed by atoms with Crippen molar-refractivity contribution in [1.82, 2.24) is 4.90 Å². The molecule has 1 aliphatic heterocycles. The molecule has 2 aromatic rings. The molecule has 2 aliphatic rings. The van der Waals surface area contributed by atoms with Gasteiger partial charge in [0.15, 0.2) is 0 Å². The molecular weight excluding hydrogens is 428 g/mol. The third-order valence-electron chi connectivity index (χ3n) is 5.75. The molecule has 1 saturated carbocycles. The maximum Gasteiger partial charge on any atom is 0.338 e. The molecule has 4 rings (SSSR count). The number of ether oxygens (including phenoxy) is 1. The predicted molar refractivity (Wildman–Crippen MR) is 115 cm³/mol. The Hall–Kier alpha value is -1.82. The van der Waals surface area contributed by atoms with Gasteiger partial charge in [0, 0.05) is 35.1 Å². The van der Waals surface area contributed by atoms with E-state index in [9.17, 15) is 14.3 Å². The first kappa shape index (κ1) is 21.4. The molecule has 0 aromatic heterocycles. The third kappa shape index (κ3) is 5.26. The second-order valence-electron chi connectivity index (χ2n) is 8.28. The Kier molecular flexibility index (Phi) is 6.51. The highest BCUT2D eigenvalue weighted by molar-refractivity contribution is 6.34. The molecule has 4 nitrogen and oxygen atoms in total. The van der Waals surface area contributed by atoms with Crippen LogP contribution in [0.4, 0.5) is 4.39 Å². The maximum absolute atomic E-state index is 14.2. The number of piperidine rings is 1. The Morgan fingerprint density at radius 3 is 2.53 bits per heavy atom. The summed E-state index contributed by atoms with van der Waals surface area (Å²) in [4.78, 5) is 13.6. The zero-order valence-corrected chi connectivity index (χ0v) is 18.1. The number of likely N-dealkylation sites (tertiary alicyclic amines) is 1. The van der Waals surface area contributed by atoms with E-state index in [0.29, 0.717) is 28.3 Å². The summed E-state index contributed by atoms with van der Waals surface area (Å²) in [6.07, 6.45) is 4.08. The van der Waals surface area contributed by atoms with Gasteiger partial charge in [0.1, 0.15) is 11.6 Å². The quantitative estimate of drug-likeness (QED) is 0.560. The summed E-state index contributed by atoms with van der Waals surface area (Å²) in [6.45, 7) is 3.12. The Balaban J connectivity index is 1.40. The fourth-order valence-electron chi connectivity index (χ4n) is 4.17. The summed E-state index contributed by atoms with van der Waals surface area (Å²) in [7, 11) is 0. The third-order valence-corrected chi connectivity index (χ3v) is 6.19. The molecule has 1 heterocycles. The number of hydrogen-bond acceptors (Lipinski definition) is 3. The van der Waals surface area contributed by atoms with Gasteiger partial charge in [0.25, 0.3) is 0 Å². The molecule has 1 N–H and O–H groups in total. The van der Waals surface area contributed by atoms with E-state index in [-0.39, 0.29) is 11.5 Å². The van der Waals surface area contributed by atoms with Gasteiger partial charge in [-0.05, 0) is 73.5 Å². The number of halogens is 3. The van der Waals surface area contributed by atoms with Gasteiger partial charge in [0.2, 0.25) is 0 Å². The van der Waals surface area contributed by atoms with Crippen LogP contribution in [-0.4, -0.2) is 35.7 Å². The summed E-state index contributed by atoms with van der Waals surface area (Å²) < 4.78 is 20.2. The van der Waals surface area contributed by atoms with E-state index in [1.54, 1.807) is 6.07 Å². The molecule has 1 aliphatic carbocycles. The van der Waals surface area contributed by atoms with Crippen molar-refractivity contribution < 1.29 is 19.0 Å². The molecule has 160 valence electrons. The minimum atomic E-state index is -1.25. The van der Waals surface area contributed by atoms with E-state index < -0.39 is 11.8 Å². The van der Waals surface area contributed by atoms with Gasteiger partial charge in [-0.25, -0.2) is 9.18 Å². The monoisotopic (exact) mass is 451 g/mol. The van der Waals surface area contributed by atoms with Crippen LogP contribution < -0.4 is 4.74 Å². The number of rotatable bonds is 7. The van der Waals surface area contributed by atoms with E-state index in [4.69, 9.17) is 27.9 Å². The van der Waals surface area contributed by atoms with E-state index in [0.717, 1.165) is 56.4 Å². The van der Waals surface area contributed by atoms with Crippen molar-refractivity contribution in [3.8, 4) is 5.75 Å². The van der Waals surface area contributed by atoms with Crippen LogP contribution in [-0.2, 0) is 6.54 Å². The highest BCUT2D eigenvalue weighted by atomic mass is 35.5. The first-order valence-electron chi connectivity index (χ1n) is 10.3. The van der Waals surface area contributed by atoms with E-state index >= 15 is 0 Å². The topological polar surface area (TPSA) is 49.8 Å². The van der Waals surface area contributed by atoms with Gasteiger partial charge in [-0.3, -0.25) is 4.90 Å². The zero-order chi connectivity index (χ0) is 21.3. The molecule has 0 unspecified atom stereocenters. The van der Waals surface area contributed by atoms with Crippen LogP contribution in [0.5, 0.6) is 5.75 Å². The molecule has 7 heteroatoms.